The van der Waals surface area contributed by atoms with Crippen molar-refractivity contribution in [1.82, 2.24) is 19.4 Å². The predicted octanol–water partition coefficient (Wildman–Crippen LogP) is 3.95. The highest BCUT2D eigenvalue weighted by Gasteiger charge is 2.38. The van der Waals surface area contributed by atoms with Crippen molar-refractivity contribution >= 4 is 16.3 Å². The molecule has 6 nitrogen and oxygen atoms in total. The van der Waals surface area contributed by atoms with Gasteiger partial charge in [-0.05, 0) is 24.3 Å². The third-order valence-corrected chi connectivity index (χ3v) is 4.95. The number of hydrogen-bond donors (Lipinski definition) is 0. The Hall–Kier alpha value is -3.34. The number of thiazole rings is 1. The van der Waals surface area contributed by atoms with Crippen molar-refractivity contribution in [1.29, 1.82) is 0 Å². The van der Waals surface area contributed by atoms with Gasteiger partial charge in [-0.15, -0.1) is 0 Å². The van der Waals surface area contributed by atoms with Gasteiger partial charge in [0.2, 0.25) is 0 Å². The van der Waals surface area contributed by atoms with Gasteiger partial charge in [-0.2, -0.15) is 13.2 Å². The van der Waals surface area contributed by atoms with E-state index in [1.54, 1.807) is 0 Å². The SMILES string of the molecule is O=c1cc(COc2ccc(F)cc2)nc2sc(C(F)(F)F)c(-c3cncnc3)n12. The van der Waals surface area contributed by atoms with Gasteiger partial charge in [0.05, 0.1) is 11.4 Å². The molecule has 0 N–H and O–H groups in total. The van der Waals surface area contributed by atoms with Crippen molar-refractivity contribution in [3.8, 4) is 17.0 Å². The zero-order valence-electron chi connectivity index (χ0n) is 14.4. The summed E-state index contributed by atoms with van der Waals surface area (Å²) in [5.41, 5.74) is -0.865. The van der Waals surface area contributed by atoms with Crippen molar-refractivity contribution < 1.29 is 22.3 Å². The number of benzene rings is 1. The average molecular weight is 422 g/mol. The molecule has 0 saturated heterocycles. The van der Waals surface area contributed by atoms with Crippen LogP contribution < -0.4 is 10.3 Å². The Morgan fingerprint density at radius 3 is 2.45 bits per heavy atom. The smallest absolute Gasteiger partial charge is 0.427 e. The van der Waals surface area contributed by atoms with Gasteiger partial charge in [0.15, 0.2) is 4.96 Å². The quantitative estimate of drug-likeness (QED) is 0.466. The van der Waals surface area contributed by atoms with E-state index in [4.69, 9.17) is 4.74 Å². The fraction of sp³-hybridized carbons (Fsp3) is 0.111. The topological polar surface area (TPSA) is 69.4 Å². The van der Waals surface area contributed by atoms with Crippen molar-refractivity contribution in [2.75, 3.05) is 0 Å². The van der Waals surface area contributed by atoms with Gasteiger partial charge in [-0.1, -0.05) is 11.3 Å². The highest BCUT2D eigenvalue weighted by Crippen LogP contribution is 2.41. The molecule has 0 unspecified atom stereocenters. The van der Waals surface area contributed by atoms with Gasteiger partial charge in [0.1, 0.15) is 29.4 Å². The Balaban J connectivity index is 1.78. The van der Waals surface area contributed by atoms with Crippen molar-refractivity contribution in [3.05, 3.63) is 75.8 Å². The Morgan fingerprint density at radius 2 is 1.79 bits per heavy atom. The number of ether oxygens (including phenoxy) is 1. The van der Waals surface area contributed by atoms with Gasteiger partial charge < -0.3 is 4.74 Å². The molecule has 1 aromatic carbocycles. The standard InChI is InChI=1S/C18H10F4N4O2S/c19-11-1-3-13(4-2-11)28-8-12-5-14(27)26-15(10-6-23-9-24-7-10)16(18(20,21)22)29-17(26)25-12/h1-7,9H,8H2. The number of aromatic nitrogens is 4. The largest absolute Gasteiger partial charge is 0.487 e. The third-order valence-electron chi connectivity index (χ3n) is 3.86. The number of halogens is 4. The molecule has 11 heteroatoms. The fourth-order valence-electron chi connectivity index (χ4n) is 2.66. The van der Waals surface area contributed by atoms with Gasteiger partial charge in [0.25, 0.3) is 5.56 Å². The molecule has 3 heterocycles. The molecule has 0 aliphatic rings. The van der Waals surface area contributed by atoms with Gasteiger partial charge >= 0.3 is 6.18 Å². The fourth-order valence-corrected chi connectivity index (χ4v) is 3.70. The molecule has 0 fully saturated rings. The lowest BCUT2D eigenvalue weighted by molar-refractivity contribution is -0.134. The van der Waals surface area contributed by atoms with Crippen LogP contribution in [0, 0.1) is 5.82 Å². The van der Waals surface area contributed by atoms with E-state index in [0.717, 1.165) is 10.5 Å². The van der Waals surface area contributed by atoms with Crippen LogP contribution in [0.25, 0.3) is 16.2 Å². The van der Waals surface area contributed by atoms with E-state index < -0.39 is 22.4 Å². The maximum Gasteiger partial charge on any atom is 0.427 e. The molecule has 148 valence electrons. The molecule has 4 rings (SSSR count). The molecule has 0 bridgehead atoms. The number of nitrogens with zero attached hydrogens (tertiary/aromatic N) is 4. The second kappa shape index (κ2) is 7.24. The lowest BCUT2D eigenvalue weighted by Crippen LogP contribution is -2.17. The Labute approximate surface area is 164 Å². The monoisotopic (exact) mass is 422 g/mol. The maximum absolute atomic E-state index is 13.6. The van der Waals surface area contributed by atoms with Crippen LogP contribution in [0.4, 0.5) is 17.6 Å². The van der Waals surface area contributed by atoms with Crippen molar-refractivity contribution in [3.63, 3.8) is 0 Å². The van der Waals surface area contributed by atoms with Gasteiger partial charge in [-0.3, -0.25) is 9.20 Å². The summed E-state index contributed by atoms with van der Waals surface area (Å²) in [7, 11) is 0. The summed E-state index contributed by atoms with van der Waals surface area (Å²) in [5.74, 6) is -0.108. The first kappa shape index (κ1) is 19.0. The molecule has 0 amide bonds. The first-order valence-corrected chi connectivity index (χ1v) is 8.91. The van der Waals surface area contributed by atoms with Crippen LogP contribution in [0.2, 0.25) is 0 Å². The van der Waals surface area contributed by atoms with Crippen LogP contribution in [0.1, 0.15) is 10.6 Å². The van der Waals surface area contributed by atoms with Crippen LogP contribution in [0.5, 0.6) is 5.75 Å². The molecule has 0 spiro atoms. The summed E-state index contributed by atoms with van der Waals surface area (Å²) in [6.45, 7) is -0.166. The second-order valence-electron chi connectivity index (χ2n) is 5.85. The third kappa shape index (κ3) is 3.81. The van der Waals surface area contributed by atoms with Crippen molar-refractivity contribution in [2.24, 2.45) is 0 Å². The second-order valence-corrected chi connectivity index (χ2v) is 6.83. The number of hydrogen-bond acceptors (Lipinski definition) is 6. The summed E-state index contributed by atoms with van der Waals surface area (Å²) < 4.78 is 60.0. The zero-order valence-corrected chi connectivity index (χ0v) is 15.2. The Bertz CT molecular complexity index is 1220. The molecule has 29 heavy (non-hydrogen) atoms. The van der Waals surface area contributed by atoms with Crippen LogP contribution in [0.15, 0.2) is 53.8 Å². The minimum atomic E-state index is -4.69. The molecule has 0 atom stereocenters. The van der Waals surface area contributed by atoms with E-state index in [1.807, 2.05) is 0 Å². The molecular formula is C18H10F4N4O2S. The Morgan fingerprint density at radius 1 is 1.10 bits per heavy atom. The summed E-state index contributed by atoms with van der Waals surface area (Å²) in [4.78, 5) is 23.1. The first-order chi connectivity index (χ1) is 13.8. The average Bonchev–Trinajstić information content (AvgIpc) is 3.09. The van der Waals surface area contributed by atoms with Gasteiger partial charge in [-0.25, -0.2) is 19.3 Å². The minimum Gasteiger partial charge on any atom is -0.487 e. The highest BCUT2D eigenvalue weighted by atomic mass is 32.1. The number of fused-ring (bicyclic) bond motifs is 1. The molecular weight excluding hydrogens is 412 g/mol. The van der Waals surface area contributed by atoms with E-state index in [-0.39, 0.29) is 28.5 Å². The molecule has 3 aromatic heterocycles. The summed E-state index contributed by atoms with van der Waals surface area (Å²) >= 11 is 0.344. The normalized spacial score (nSPS) is 11.7. The summed E-state index contributed by atoms with van der Waals surface area (Å²) in [6.07, 6.45) is -1.12. The molecule has 0 aliphatic carbocycles. The van der Waals surface area contributed by atoms with E-state index in [2.05, 4.69) is 15.0 Å². The van der Waals surface area contributed by atoms with Crippen molar-refractivity contribution in [2.45, 2.75) is 12.8 Å². The first-order valence-electron chi connectivity index (χ1n) is 8.09. The van der Waals surface area contributed by atoms with Crippen LogP contribution in [-0.2, 0) is 12.8 Å². The Kier molecular flexibility index (Phi) is 4.74. The zero-order chi connectivity index (χ0) is 20.6. The lowest BCUT2D eigenvalue weighted by Gasteiger charge is -2.08. The van der Waals surface area contributed by atoms with E-state index in [1.165, 1.54) is 43.0 Å². The molecule has 4 aromatic rings. The predicted molar refractivity (Wildman–Crippen MR) is 96.1 cm³/mol. The number of alkyl halides is 3. The summed E-state index contributed by atoms with van der Waals surface area (Å²) in [6, 6.07) is 6.27. The van der Waals surface area contributed by atoms with Crippen LogP contribution in [0.3, 0.4) is 0 Å². The van der Waals surface area contributed by atoms with E-state index >= 15 is 0 Å². The number of rotatable bonds is 4. The molecule has 0 radical (unpaired) electrons. The van der Waals surface area contributed by atoms with Crippen LogP contribution >= 0.6 is 11.3 Å². The molecule has 0 saturated carbocycles. The molecule has 0 aliphatic heterocycles. The minimum absolute atomic E-state index is 0.0466. The maximum atomic E-state index is 13.6. The van der Waals surface area contributed by atoms with Crippen LogP contribution in [-0.4, -0.2) is 19.4 Å². The summed E-state index contributed by atoms with van der Waals surface area (Å²) in [5, 5.41) is 0. The van der Waals surface area contributed by atoms with E-state index in [0.29, 0.717) is 17.1 Å². The van der Waals surface area contributed by atoms with E-state index in [9.17, 15) is 22.4 Å². The highest BCUT2D eigenvalue weighted by molar-refractivity contribution is 7.17. The van der Waals surface area contributed by atoms with Gasteiger partial charge in [0, 0.05) is 24.0 Å². The lowest BCUT2D eigenvalue weighted by atomic mass is 10.2.